The molecule has 0 amide bonds. The zero-order valence-corrected chi connectivity index (χ0v) is 25.5. The zero-order valence-electron chi connectivity index (χ0n) is 21.9. The molecule has 0 aliphatic rings. The van der Waals surface area contributed by atoms with E-state index in [9.17, 15) is 8.42 Å². The third-order valence-corrected chi connectivity index (χ3v) is 15.4. The van der Waals surface area contributed by atoms with Crippen LogP contribution in [0, 0.1) is 6.92 Å². The second-order valence-corrected chi connectivity index (χ2v) is 18.1. The number of hydrogen-bond donors (Lipinski definition) is 1. The van der Waals surface area contributed by atoms with Crippen LogP contribution in [-0.2, 0) is 25.5 Å². The van der Waals surface area contributed by atoms with Crippen LogP contribution >= 0.6 is 0 Å². The average molecular weight is 593 g/mol. The first kappa shape index (κ1) is 32.7. The quantitative estimate of drug-likeness (QED) is 0.136. The Kier molecular flexibility index (Phi) is 21.3. The minimum atomic E-state index is -2.13. The number of aryl methyl sites for hydroxylation is 1. The Bertz CT molecular complexity index is 790. The minimum absolute atomic E-state index is 0.597. The SMILES string of the molecule is C=CC(c1ccc(C)cc1)[S-](=O)=O.C=CCc1cn[nH]c1.CCC[CH2][Sn+]([CH2]CCC)[CH2]CCC. The first-order valence-electron chi connectivity index (χ1n) is 12.6. The fourth-order valence-electron chi connectivity index (χ4n) is 3.29. The standard InChI is InChI=1S/C10H11O2S.C6H8N2.3C4H9.Sn/c1-3-10(13(11)12)9-6-4-8(2)5-7-9;1-2-3-6-4-7-8-5-6;3*1-3-4-2;/h3-7,10H,1H2,2H3;2,4-5H,1,3H2,(H,7,8);3*1,3-4H2,2H3;/q-1;;;;;+1. The topological polar surface area (TPSA) is 62.8 Å². The number of H-pyrrole nitrogens is 1. The number of unbranched alkanes of at least 4 members (excludes halogenated alkanes) is 3. The first-order chi connectivity index (χ1) is 16.4. The van der Waals surface area contributed by atoms with E-state index in [0.717, 1.165) is 17.5 Å². The second kappa shape index (κ2) is 22.1. The summed E-state index contributed by atoms with van der Waals surface area (Å²) in [5, 5.41) is 5.89. The van der Waals surface area contributed by atoms with Crippen molar-refractivity contribution < 1.29 is 8.42 Å². The van der Waals surface area contributed by atoms with E-state index in [2.05, 4.69) is 44.1 Å². The van der Waals surface area contributed by atoms with E-state index in [1.165, 1.54) is 50.2 Å². The van der Waals surface area contributed by atoms with Crippen LogP contribution in [0.5, 0.6) is 0 Å². The van der Waals surface area contributed by atoms with Gasteiger partial charge in [-0.1, -0.05) is 58.2 Å². The van der Waals surface area contributed by atoms with E-state index in [-0.39, 0.29) is 0 Å². The van der Waals surface area contributed by atoms with Crippen LogP contribution in [0.2, 0.25) is 13.3 Å². The molecule has 1 N–H and O–H groups in total. The predicted molar refractivity (Wildman–Crippen MR) is 150 cm³/mol. The van der Waals surface area contributed by atoms with E-state index in [0.29, 0.717) is 0 Å². The summed E-state index contributed by atoms with van der Waals surface area (Å²) in [6.45, 7) is 16.0. The Morgan fingerprint density at radius 1 is 0.971 bits per heavy atom. The van der Waals surface area contributed by atoms with E-state index in [4.69, 9.17) is 0 Å². The maximum atomic E-state index is 10.7. The van der Waals surface area contributed by atoms with Crippen LogP contribution in [0.4, 0.5) is 0 Å². The van der Waals surface area contributed by atoms with Gasteiger partial charge in [0.05, 0.1) is 6.20 Å². The average Bonchev–Trinajstić information content (AvgIpc) is 3.34. The number of nitrogens with one attached hydrogen (secondary N) is 1. The van der Waals surface area contributed by atoms with Crippen LogP contribution in [0.25, 0.3) is 0 Å². The van der Waals surface area contributed by atoms with Crippen LogP contribution < -0.4 is 0 Å². The Labute approximate surface area is 218 Å². The molecule has 34 heavy (non-hydrogen) atoms. The number of allylic oxidation sites excluding steroid dienone is 1. The van der Waals surface area contributed by atoms with Crippen molar-refractivity contribution in [3.05, 3.63) is 78.7 Å². The summed E-state index contributed by atoms with van der Waals surface area (Å²) < 4.78 is 26.5. The van der Waals surface area contributed by atoms with Crippen molar-refractivity contribution in [3.8, 4) is 0 Å². The van der Waals surface area contributed by atoms with Gasteiger partial charge in [-0.25, -0.2) is 0 Å². The molecule has 0 aliphatic heterocycles. The molecule has 1 aromatic heterocycles. The van der Waals surface area contributed by atoms with Gasteiger partial charge in [0, 0.05) is 6.20 Å². The van der Waals surface area contributed by atoms with Crippen molar-refractivity contribution in [1.29, 1.82) is 0 Å². The molecule has 0 bridgehead atoms. The molecule has 2 aromatic rings. The van der Waals surface area contributed by atoms with Crippen molar-refractivity contribution in [2.24, 2.45) is 0 Å². The molecular formula is C28H46N2O2SSn. The fraction of sp³-hybridized carbons (Fsp3) is 0.536. The van der Waals surface area contributed by atoms with E-state index < -0.39 is 35.7 Å². The van der Waals surface area contributed by atoms with Crippen molar-refractivity contribution in [2.75, 3.05) is 0 Å². The van der Waals surface area contributed by atoms with Gasteiger partial charge in [-0.3, -0.25) is 5.10 Å². The van der Waals surface area contributed by atoms with Gasteiger partial charge in [-0.05, 0) is 24.2 Å². The fourth-order valence-corrected chi connectivity index (χ4v) is 13.3. The summed E-state index contributed by atoms with van der Waals surface area (Å²) in [5.74, 6) is 0. The van der Waals surface area contributed by atoms with E-state index in [1.54, 1.807) is 31.6 Å². The van der Waals surface area contributed by atoms with E-state index in [1.807, 2.05) is 31.3 Å². The van der Waals surface area contributed by atoms with Gasteiger partial charge in [-0.2, -0.15) is 5.10 Å². The molecule has 1 heterocycles. The predicted octanol–water partition coefficient (Wildman–Crippen LogP) is 8.55. The molecule has 0 aliphatic carbocycles. The summed E-state index contributed by atoms with van der Waals surface area (Å²) in [6.07, 6.45) is 16.7. The molecule has 1 unspecified atom stereocenters. The third-order valence-electron chi connectivity index (χ3n) is 5.41. The molecular weight excluding hydrogens is 547 g/mol. The van der Waals surface area contributed by atoms with Gasteiger partial charge >= 0.3 is 92.4 Å². The van der Waals surface area contributed by atoms with Gasteiger partial charge in [0.15, 0.2) is 0 Å². The molecule has 2 rings (SSSR count). The van der Waals surface area contributed by atoms with Crippen LogP contribution in [0.1, 0.15) is 81.2 Å². The Morgan fingerprint density at radius 2 is 1.50 bits per heavy atom. The molecule has 0 fully saturated rings. The Morgan fingerprint density at radius 3 is 1.85 bits per heavy atom. The van der Waals surface area contributed by atoms with Crippen molar-refractivity contribution >= 4 is 30.5 Å². The summed E-state index contributed by atoms with van der Waals surface area (Å²) in [5.41, 5.74) is 3.05. The summed E-state index contributed by atoms with van der Waals surface area (Å²) in [7, 11) is -2.13. The summed E-state index contributed by atoms with van der Waals surface area (Å²) >= 11 is -0.839. The molecule has 0 saturated heterocycles. The number of benzene rings is 1. The molecule has 0 saturated carbocycles. The van der Waals surface area contributed by atoms with E-state index >= 15 is 0 Å². The number of rotatable bonds is 14. The molecule has 4 nitrogen and oxygen atoms in total. The Balaban J connectivity index is 0.000000494. The molecule has 1 aromatic carbocycles. The summed E-state index contributed by atoms with van der Waals surface area (Å²) in [6, 6.07) is 7.38. The molecule has 1 atom stereocenters. The normalized spacial score (nSPS) is 11.0. The number of nitrogens with zero attached hydrogens (tertiary/aromatic N) is 1. The first-order valence-corrected chi connectivity index (χ1v) is 19.8. The van der Waals surface area contributed by atoms with Gasteiger partial charge in [0.2, 0.25) is 0 Å². The van der Waals surface area contributed by atoms with Crippen LogP contribution in [-0.4, -0.2) is 30.0 Å². The molecule has 0 radical (unpaired) electrons. The van der Waals surface area contributed by atoms with Crippen LogP contribution in [0.15, 0.2) is 62.0 Å². The van der Waals surface area contributed by atoms with Crippen molar-refractivity contribution in [1.82, 2.24) is 10.2 Å². The number of hydrogen-bond acceptors (Lipinski definition) is 4. The molecule has 6 heteroatoms. The number of aromatic nitrogens is 2. The molecule has 0 spiro atoms. The zero-order chi connectivity index (χ0) is 25.6. The van der Waals surface area contributed by atoms with Gasteiger partial charge < -0.3 is 8.42 Å². The van der Waals surface area contributed by atoms with Crippen LogP contribution in [0.3, 0.4) is 0 Å². The van der Waals surface area contributed by atoms with Crippen molar-refractivity contribution in [3.63, 3.8) is 0 Å². The third kappa shape index (κ3) is 16.3. The maximum absolute atomic E-state index is 10.7. The number of aromatic amines is 1. The van der Waals surface area contributed by atoms with Gasteiger partial charge in [0.1, 0.15) is 0 Å². The summed E-state index contributed by atoms with van der Waals surface area (Å²) in [4.78, 5) is 0. The Hall–Kier alpha value is -1.34. The molecule has 190 valence electrons. The van der Waals surface area contributed by atoms with Gasteiger partial charge in [0.25, 0.3) is 0 Å². The van der Waals surface area contributed by atoms with Gasteiger partial charge in [-0.15, -0.1) is 13.2 Å². The monoisotopic (exact) mass is 594 g/mol. The van der Waals surface area contributed by atoms with Crippen molar-refractivity contribution in [2.45, 2.75) is 91.2 Å². The second-order valence-electron chi connectivity index (χ2n) is 8.49.